The largest absolute Gasteiger partial charge is 0.478 e. The van der Waals surface area contributed by atoms with Crippen LogP contribution in [0.2, 0.25) is 0 Å². The topological polar surface area (TPSA) is 87.7 Å². The Morgan fingerprint density at radius 2 is 2.20 bits per heavy atom. The second kappa shape index (κ2) is 6.02. The minimum absolute atomic E-state index is 0.0567. The lowest BCUT2D eigenvalue weighted by Gasteiger charge is -2.13. The van der Waals surface area contributed by atoms with Crippen LogP contribution in [0.1, 0.15) is 22.3 Å². The summed E-state index contributed by atoms with van der Waals surface area (Å²) in [6.07, 6.45) is 0.690. The van der Waals surface area contributed by atoms with E-state index in [1.54, 1.807) is 20.1 Å². The number of aryl methyl sites for hydroxylation is 1. The molecule has 2 unspecified atom stereocenters. The average molecular weight is 278 g/mol. The molecule has 1 aliphatic rings. The van der Waals surface area contributed by atoms with Gasteiger partial charge < -0.3 is 20.5 Å². The van der Waals surface area contributed by atoms with E-state index < -0.39 is 5.97 Å². The number of carbonyl (C=O) groups excluding carboxylic acids is 1. The molecule has 6 nitrogen and oxygen atoms in total. The second-order valence-corrected chi connectivity index (χ2v) is 4.88. The van der Waals surface area contributed by atoms with E-state index in [2.05, 4.69) is 10.6 Å². The maximum Gasteiger partial charge on any atom is 0.335 e. The lowest BCUT2D eigenvalue weighted by Crippen LogP contribution is -2.35. The average Bonchev–Trinajstić information content (AvgIpc) is 2.89. The zero-order valence-corrected chi connectivity index (χ0v) is 11.5. The minimum atomic E-state index is -0.980. The minimum Gasteiger partial charge on any atom is -0.478 e. The molecule has 1 aliphatic heterocycles. The molecule has 2 atom stereocenters. The fraction of sp³-hybridized carbons (Fsp3) is 0.429. The van der Waals surface area contributed by atoms with E-state index in [1.165, 1.54) is 12.1 Å². The van der Waals surface area contributed by atoms with E-state index in [1.807, 2.05) is 0 Å². The van der Waals surface area contributed by atoms with Gasteiger partial charge in [-0.15, -0.1) is 0 Å². The first-order valence-electron chi connectivity index (χ1n) is 6.42. The molecular weight excluding hydrogens is 260 g/mol. The van der Waals surface area contributed by atoms with E-state index in [9.17, 15) is 9.59 Å². The number of nitrogens with one attached hydrogen (secondary N) is 2. The summed E-state index contributed by atoms with van der Waals surface area (Å²) in [5.41, 5.74) is 1.56. The van der Waals surface area contributed by atoms with Crippen molar-refractivity contribution in [1.82, 2.24) is 5.32 Å². The van der Waals surface area contributed by atoms with Gasteiger partial charge in [-0.2, -0.15) is 0 Å². The van der Waals surface area contributed by atoms with Crippen LogP contribution in [0, 0.1) is 6.92 Å². The number of ether oxygens (including phenoxy) is 1. The Balaban J connectivity index is 2.03. The number of amides is 1. The van der Waals surface area contributed by atoms with Crippen LogP contribution in [0.4, 0.5) is 5.69 Å². The van der Waals surface area contributed by atoms with Gasteiger partial charge in [-0.1, -0.05) is 0 Å². The number of rotatable bonds is 4. The summed E-state index contributed by atoms with van der Waals surface area (Å²) < 4.78 is 5.20. The molecule has 1 heterocycles. The molecule has 0 bridgehead atoms. The Hall–Kier alpha value is -1.92. The number of hydrogen-bond acceptors (Lipinski definition) is 4. The van der Waals surface area contributed by atoms with Crippen molar-refractivity contribution in [2.45, 2.75) is 25.5 Å². The first kappa shape index (κ1) is 14.5. The van der Waals surface area contributed by atoms with Gasteiger partial charge in [-0.25, -0.2) is 4.79 Å². The maximum absolute atomic E-state index is 12.1. The molecular formula is C14H18N2O4. The highest BCUT2D eigenvalue weighted by molar-refractivity contribution is 5.96. The molecule has 6 heteroatoms. The first-order valence-corrected chi connectivity index (χ1v) is 6.42. The summed E-state index contributed by atoms with van der Waals surface area (Å²) in [4.78, 5) is 23.0. The van der Waals surface area contributed by atoms with E-state index >= 15 is 0 Å². The van der Waals surface area contributed by atoms with E-state index in [0.29, 0.717) is 18.7 Å². The first-order chi connectivity index (χ1) is 9.51. The molecule has 108 valence electrons. The van der Waals surface area contributed by atoms with Crippen molar-refractivity contribution < 1.29 is 19.4 Å². The third-order valence-electron chi connectivity index (χ3n) is 3.47. The van der Waals surface area contributed by atoms with Crippen LogP contribution in [-0.2, 0) is 9.53 Å². The van der Waals surface area contributed by atoms with Gasteiger partial charge in [0.1, 0.15) is 0 Å². The van der Waals surface area contributed by atoms with Crippen molar-refractivity contribution in [3.8, 4) is 0 Å². The van der Waals surface area contributed by atoms with Crippen molar-refractivity contribution >= 4 is 17.6 Å². The summed E-state index contributed by atoms with van der Waals surface area (Å²) in [5.74, 6) is -1.11. The van der Waals surface area contributed by atoms with E-state index in [4.69, 9.17) is 9.84 Å². The highest BCUT2D eigenvalue weighted by Crippen LogP contribution is 2.18. The van der Waals surface area contributed by atoms with E-state index in [-0.39, 0.29) is 23.6 Å². The summed E-state index contributed by atoms with van der Waals surface area (Å²) in [6, 6.07) is 4.35. The van der Waals surface area contributed by atoms with Crippen molar-refractivity contribution in [1.29, 1.82) is 0 Å². The van der Waals surface area contributed by atoms with Gasteiger partial charge in [-0.05, 0) is 37.1 Å². The summed E-state index contributed by atoms with van der Waals surface area (Å²) in [6.45, 7) is 2.42. The predicted octanol–water partition coefficient (Wildman–Crippen LogP) is 1.01. The van der Waals surface area contributed by atoms with Crippen LogP contribution in [0.5, 0.6) is 0 Å². The van der Waals surface area contributed by atoms with Crippen molar-refractivity contribution in [2.75, 3.05) is 19.0 Å². The molecule has 1 fully saturated rings. The molecule has 3 N–H and O–H groups in total. The van der Waals surface area contributed by atoms with Gasteiger partial charge in [0.15, 0.2) is 0 Å². The van der Waals surface area contributed by atoms with E-state index in [0.717, 1.165) is 5.56 Å². The number of benzene rings is 1. The zero-order valence-electron chi connectivity index (χ0n) is 11.5. The number of carboxylic acid groups (broad SMARTS) is 1. The Morgan fingerprint density at radius 1 is 1.45 bits per heavy atom. The lowest BCUT2D eigenvalue weighted by atomic mass is 10.1. The molecule has 2 rings (SSSR count). The van der Waals surface area contributed by atoms with Crippen molar-refractivity contribution in [2.24, 2.45) is 0 Å². The molecule has 0 aromatic heterocycles. The standard InChI is InChI=1S/C14H18N2O4/c1-8-5-9(14(18)19)3-4-11(8)16-13(17)12-6-10(20-2)7-15-12/h3-5,10,12,15H,6-7H2,1-2H3,(H,16,17)(H,18,19). The fourth-order valence-electron chi connectivity index (χ4n) is 2.24. The number of carboxylic acids is 1. The molecule has 0 radical (unpaired) electrons. The predicted molar refractivity (Wildman–Crippen MR) is 74.0 cm³/mol. The third kappa shape index (κ3) is 3.15. The molecule has 1 aromatic rings. The number of anilines is 1. The zero-order chi connectivity index (χ0) is 14.7. The van der Waals surface area contributed by atoms with Gasteiger partial charge in [0.2, 0.25) is 5.91 Å². The van der Waals surface area contributed by atoms with Crippen LogP contribution in [-0.4, -0.2) is 42.8 Å². The Bertz CT molecular complexity index is 530. The fourth-order valence-corrected chi connectivity index (χ4v) is 2.24. The number of hydrogen-bond donors (Lipinski definition) is 3. The Kier molecular flexibility index (Phi) is 4.36. The molecule has 0 spiro atoms. The SMILES string of the molecule is COC1CNC(C(=O)Nc2ccc(C(=O)O)cc2C)C1. The maximum atomic E-state index is 12.1. The number of methoxy groups -OCH3 is 1. The molecule has 1 saturated heterocycles. The third-order valence-corrected chi connectivity index (χ3v) is 3.47. The number of aromatic carboxylic acids is 1. The highest BCUT2D eigenvalue weighted by Gasteiger charge is 2.29. The summed E-state index contributed by atoms with van der Waals surface area (Å²) in [7, 11) is 1.63. The van der Waals surface area contributed by atoms with Gasteiger partial charge in [0, 0.05) is 19.3 Å². The van der Waals surface area contributed by atoms with Crippen molar-refractivity contribution in [3.63, 3.8) is 0 Å². The van der Waals surface area contributed by atoms with Crippen LogP contribution < -0.4 is 10.6 Å². The van der Waals surface area contributed by atoms with Crippen LogP contribution >= 0.6 is 0 Å². The van der Waals surface area contributed by atoms with Gasteiger partial charge in [-0.3, -0.25) is 4.79 Å². The summed E-state index contributed by atoms with van der Waals surface area (Å²) in [5, 5.41) is 14.8. The van der Waals surface area contributed by atoms with Gasteiger partial charge in [0.25, 0.3) is 0 Å². The van der Waals surface area contributed by atoms with Gasteiger partial charge in [0.05, 0.1) is 17.7 Å². The van der Waals surface area contributed by atoms with Crippen LogP contribution in [0.25, 0.3) is 0 Å². The quantitative estimate of drug-likeness (QED) is 0.765. The summed E-state index contributed by atoms with van der Waals surface area (Å²) >= 11 is 0. The molecule has 0 aliphatic carbocycles. The monoisotopic (exact) mass is 278 g/mol. The second-order valence-electron chi connectivity index (χ2n) is 4.88. The Morgan fingerprint density at radius 3 is 2.75 bits per heavy atom. The Labute approximate surface area is 117 Å². The molecule has 1 amide bonds. The molecule has 0 saturated carbocycles. The van der Waals surface area contributed by atoms with Crippen LogP contribution in [0.15, 0.2) is 18.2 Å². The normalized spacial score (nSPS) is 21.7. The lowest BCUT2D eigenvalue weighted by molar-refractivity contribution is -0.118. The van der Waals surface area contributed by atoms with Crippen molar-refractivity contribution in [3.05, 3.63) is 29.3 Å². The smallest absolute Gasteiger partial charge is 0.335 e. The van der Waals surface area contributed by atoms with Crippen LogP contribution in [0.3, 0.4) is 0 Å². The highest BCUT2D eigenvalue weighted by atomic mass is 16.5. The number of carbonyl (C=O) groups is 2. The molecule has 20 heavy (non-hydrogen) atoms. The molecule has 1 aromatic carbocycles. The van der Waals surface area contributed by atoms with Gasteiger partial charge >= 0.3 is 5.97 Å².